The van der Waals surface area contributed by atoms with Gasteiger partial charge in [0.25, 0.3) is 5.91 Å². The molecule has 1 amide bonds. The molecule has 0 spiro atoms. The quantitative estimate of drug-likeness (QED) is 0.305. The van der Waals surface area contributed by atoms with E-state index in [1.807, 2.05) is 46.9 Å². The highest BCUT2D eigenvalue weighted by Crippen LogP contribution is 2.30. The second-order valence-electron chi connectivity index (χ2n) is 8.87. The predicted octanol–water partition coefficient (Wildman–Crippen LogP) is 3.58. The molecule has 3 heterocycles. The lowest BCUT2D eigenvalue weighted by Crippen LogP contribution is -2.34. The Bertz CT molecular complexity index is 1390. The molecule has 0 aliphatic carbocycles. The highest BCUT2D eigenvalue weighted by atomic mass is 32.2. The van der Waals surface area contributed by atoms with Crippen LogP contribution in [-0.4, -0.2) is 88.6 Å². The van der Waals surface area contributed by atoms with Crippen molar-refractivity contribution >= 4 is 34.4 Å². The first-order valence-electron chi connectivity index (χ1n) is 14.8. The number of nitrogens with two attached hydrogens (primary N) is 1. The average molecular weight is 645 g/mol. The van der Waals surface area contributed by atoms with Crippen LogP contribution in [0.3, 0.4) is 0 Å². The van der Waals surface area contributed by atoms with Gasteiger partial charge in [-0.1, -0.05) is 52.0 Å². The van der Waals surface area contributed by atoms with Gasteiger partial charge in [0, 0.05) is 24.2 Å². The summed E-state index contributed by atoms with van der Waals surface area (Å²) < 4.78 is 31.6. The molecule has 1 atom stereocenters. The van der Waals surface area contributed by atoms with Crippen molar-refractivity contribution in [3.05, 3.63) is 59.9 Å². The molecular formula is C31H44N6O7S. The molecule has 5 rings (SSSR count). The minimum Gasteiger partial charge on any atom is -0.489 e. The van der Waals surface area contributed by atoms with Crippen LogP contribution in [0.25, 0.3) is 11.3 Å². The molecule has 3 aromatic rings. The highest BCUT2D eigenvalue weighted by Gasteiger charge is 2.21. The van der Waals surface area contributed by atoms with Crippen LogP contribution in [0.15, 0.2) is 53.6 Å². The van der Waals surface area contributed by atoms with E-state index < -0.39 is 29.4 Å². The van der Waals surface area contributed by atoms with Crippen molar-refractivity contribution in [2.45, 2.75) is 39.1 Å². The van der Waals surface area contributed by atoms with E-state index in [4.69, 9.17) is 19.9 Å². The molecule has 0 fully saturated rings. The molecule has 13 nitrogen and oxygen atoms in total. The van der Waals surface area contributed by atoms with Crippen LogP contribution < -0.4 is 21.1 Å². The Hall–Kier alpha value is -3.95. The molecular weight excluding hydrogens is 600 g/mol. The minimum atomic E-state index is -1.75. The summed E-state index contributed by atoms with van der Waals surface area (Å²) in [6.07, 6.45) is 1.44. The third-order valence-electron chi connectivity index (χ3n) is 5.96. The van der Waals surface area contributed by atoms with Gasteiger partial charge in [-0.15, -0.1) is 0 Å². The maximum Gasteiger partial charge on any atom is 0.318 e. The lowest BCUT2D eigenvalue weighted by Gasteiger charge is -2.19. The number of aromatic nitrogens is 2. The number of carbonyl (C=O) groups excluding carboxylic acids is 1. The number of amides is 1. The first-order valence-corrected chi connectivity index (χ1v) is 16.0. The van der Waals surface area contributed by atoms with Crippen molar-refractivity contribution in [2.24, 2.45) is 0 Å². The number of carboxylic acids is 1. The van der Waals surface area contributed by atoms with E-state index >= 15 is 0 Å². The predicted molar refractivity (Wildman–Crippen MR) is 174 cm³/mol. The van der Waals surface area contributed by atoms with E-state index in [2.05, 4.69) is 20.6 Å². The van der Waals surface area contributed by atoms with E-state index in [1.165, 1.54) is 10.5 Å². The molecule has 5 N–H and O–H groups in total. The molecule has 2 aliphatic heterocycles. The Balaban J connectivity index is 0.00000169. The minimum absolute atomic E-state index is 0.0489. The van der Waals surface area contributed by atoms with Crippen molar-refractivity contribution in [1.29, 1.82) is 0 Å². The summed E-state index contributed by atoms with van der Waals surface area (Å²) in [5.74, 6) is -1.24. The van der Waals surface area contributed by atoms with Gasteiger partial charge in [0.05, 0.1) is 48.9 Å². The topological polar surface area (TPSA) is 178 Å². The van der Waals surface area contributed by atoms with Gasteiger partial charge in [-0.2, -0.15) is 0 Å². The smallest absolute Gasteiger partial charge is 0.318 e. The largest absolute Gasteiger partial charge is 0.489 e. The van der Waals surface area contributed by atoms with Gasteiger partial charge >= 0.3 is 5.97 Å². The number of carboxylic acid groups (broad SMARTS) is 1. The third-order valence-corrected chi connectivity index (χ3v) is 7.41. The van der Waals surface area contributed by atoms with E-state index in [1.54, 1.807) is 30.3 Å². The van der Waals surface area contributed by atoms with E-state index in [0.717, 1.165) is 5.56 Å². The van der Waals surface area contributed by atoms with Crippen LogP contribution >= 0.6 is 0 Å². The number of ether oxygens (including phenoxy) is 3. The van der Waals surface area contributed by atoms with Crippen LogP contribution in [0.5, 0.6) is 5.75 Å². The van der Waals surface area contributed by atoms with Crippen LogP contribution in [0.2, 0.25) is 0 Å². The van der Waals surface area contributed by atoms with E-state index in [9.17, 15) is 18.9 Å². The summed E-state index contributed by atoms with van der Waals surface area (Å²) in [5.41, 5.74) is 8.20. The number of nitrogens with zero attached hydrogens (tertiary/aromatic N) is 3. The number of rotatable bonds is 4. The van der Waals surface area contributed by atoms with Gasteiger partial charge in [-0.3, -0.25) is 9.59 Å². The monoisotopic (exact) mass is 644 g/mol. The SMILES string of the molecule is CC.CC.CNCc1cccc2c1OCCOCCOCCN(CC(=O)O)S(=O)c1ccc(cc1)-c1cnc(N)c(n1)C(=O)N2. The molecule has 0 radical (unpaired) electrons. The number of hydrogen-bond acceptors (Lipinski definition) is 10. The molecule has 4 bridgehead atoms. The Morgan fingerprint density at radius 1 is 1.04 bits per heavy atom. The zero-order valence-corrected chi connectivity index (χ0v) is 27.3. The van der Waals surface area contributed by atoms with Gasteiger partial charge in [0.15, 0.2) is 11.5 Å². The number of carbonyl (C=O) groups is 2. The van der Waals surface area contributed by atoms with Crippen LogP contribution in [-0.2, 0) is 31.8 Å². The molecule has 1 aromatic heterocycles. The summed E-state index contributed by atoms with van der Waals surface area (Å²) in [6.45, 7) is 9.40. The average Bonchev–Trinajstić information content (AvgIpc) is 3.05. The van der Waals surface area contributed by atoms with E-state index in [0.29, 0.717) is 34.1 Å². The van der Waals surface area contributed by atoms with Crippen LogP contribution in [0, 0.1) is 0 Å². The molecule has 0 saturated carbocycles. The highest BCUT2D eigenvalue weighted by molar-refractivity contribution is 7.82. The molecule has 2 aromatic carbocycles. The normalized spacial score (nSPS) is 16.1. The fraction of sp³-hybridized carbons (Fsp3) is 0.419. The summed E-state index contributed by atoms with van der Waals surface area (Å²) in [6, 6.07) is 12.0. The second-order valence-corrected chi connectivity index (χ2v) is 10.4. The van der Waals surface area contributed by atoms with Crippen molar-refractivity contribution in [3.63, 3.8) is 0 Å². The molecule has 2 aliphatic rings. The molecule has 1 unspecified atom stereocenters. The summed E-state index contributed by atoms with van der Waals surface area (Å²) >= 11 is 0. The Kier molecular flexibility index (Phi) is 16.7. The number of anilines is 2. The first kappa shape index (κ1) is 37.2. The Morgan fingerprint density at radius 3 is 2.38 bits per heavy atom. The van der Waals surface area contributed by atoms with Crippen molar-refractivity contribution in [1.82, 2.24) is 19.6 Å². The van der Waals surface area contributed by atoms with Crippen molar-refractivity contribution < 1.29 is 33.1 Å². The van der Waals surface area contributed by atoms with Gasteiger partial charge < -0.3 is 35.7 Å². The summed E-state index contributed by atoms with van der Waals surface area (Å²) in [5, 5.41) is 15.2. The zero-order valence-electron chi connectivity index (χ0n) is 26.5. The number of nitrogens with one attached hydrogen (secondary N) is 2. The number of fused-ring (bicyclic) bond motifs is 13. The summed E-state index contributed by atoms with van der Waals surface area (Å²) in [4.78, 5) is 33.7. The summed E-state index contributed by atoms with van der Waals surface area (Å²) in [7, 11) is 0.0577. The van der Waals surface area contributed by atoms with Crippen LogP contribution in [0.1, 0.15) is 43.7 Å². The maximum atomic E-state index is 13.3. The second kappa shape index (κ2) is 20.2. The molecule has 246 valence electrons. The standard InChI is InChI=1S/C27H32N6O7S.2C2H6/c1-29-15-19-3-2-4-21-25(19)40-14-13-39-12-11-38-10-9-33(17-23(34)35)41(37)20-7-5-18(6-8-20)22-16-30-26(28)24(31-22)27(36)32-21;2*1-2/h2-8,16,29H,9-15,17H2,1H3,(H2,28,30)(H,32,36)(H,34,35);2*1-2H3. The van der Waals surface area contributed by atoms with Gasteiger partial charge in [0.1, 0.15) is 29.9 Å². The third kappa shape index (κ3) is 11.2. The number of aliphatic carboxylic acids is 1. The fourth-order valence-corrected chi connectivity index (χ4v) is 5.16. The van der Waals surface area contributed by atoms with E-state index in [-0.39, 0.29) is 51.1 Å². The van der Waals surface area contributed by atoms with Crippen LogP contribution in [0.4, 0.5) is 11.5 Å². The Morgan fingerprint density at radius 2 is 1.71 bits per heavy atom. The van der Waals surface area contributed by atoms with Gasteiger partial charge in [-0.25, -0.2) is 18.5 Å². The zero-order chi connectivity index (χ0) is 33.2. The number of benzene rings is 2. The number of para-hydroxylation sites is 1. The number of nitrogen functional groups attached to an aromatic ring is 1. The molecule has 45 heavy (non-hydrogen) atoms. The number of hydrogen-bond donors (Lipinski definition) is 4. The Labute approximate surface area is 267 Å². The molecule has 0 saturated heterocycles. The lowest BCUT2D eigenvalue weighted by molar-refractivity contribution is -0.137. The lowest BCUT2D eigenvalue weighted by atomic mass is 10.1. The maximum absolute atomic E-state index is 13.3. The van der Waals surface area contributed by atoms with Gasteiger partial charge in [0.2, 0.25) is 0 Å². The fourth-order valence-electron chi connectivity index (χ4n) is 4.02. The van der Waals surface area contributed by atoms with Gasteiger partial charge in [-0.05, 0) is 25.2 Å². The molecule has 14 heteroatoms. The van der Waals surface area contributed by atoms with Crippen molar-refractivity contribution in [2.75, 3.05) is 64.2 Å². The van der Waals surface area contributed by atoms with Crippen molar-refractivity contribution in [3.8, 4) is 17.0 Å². The first-order chi connectivity index (χ1) is 21.9.